The number of anilines is 1. The lowest BCUT2D eigenvalue weighted by Crippen LogP contribution is -2.43. The smallest absolute Gasteiger partial charge is 0.241 e. The van der Waals surface area contributed by atoms with E-state index in [1.54, 1.807) is 17.9 Å². The number of hydrogen-bond donors (Lipinski definition) is 2. The number of amides is 1. The van der Waals surface area contributed by atoms with Crippen LogP contribution < -0.4 is 11.1 Å². The molecule has 1 saturated carbocycles. The molecule has 3 rings (SSSR count). The van der Waals surface area contributed by atoms with Gasteiger partial charge in [0.15, 0.2) is 5.82 Å². The molecule has 1 atom stereocenters. The maximum absolute atomic E-state index is 14.5. The van der Waals surface area contributed by atoms with Crippen LogP contribution in [0.2, 0.25) is 0 Å². The van der Waals surface area contributed by atoms with E-state index in [-0.39, 0.29) is 17.5 Å². The minimum Gasteiger partial charge on any atom is -0.323 e. The van der Waals surface area contributed by atoms with Crippen LogP contribution in [-0.2, 0) is 11.8 Å². The first-order valence-electron chi connectivity index (χ1n) is 9.07. The first-order chi connectivity index (χ1) is 12.4. The molecule has 0 spiro atoms. The third kappa shape index (κ3) is 3.77. The van der Waals surface area contributed by atoms with Crippen molar-refractivity contribution in [3.63, 3.8) is 0 Å². The number of hydrogen-bond acceptors (Lipinski definition) is 4. The number of nitrogens with two attached hydrogens (primary N) is 1. The van der Waals surface area contributed by atoms with Gasteiger partial charge in [0.2, 0.25) is 5.91 Å². The molecular weight excluding hydrogens is 333 g/mol. The molecule has 0 radical (unpaired) electrons. The quantitative estimate of drug-likeness (QED) is 0.879. The summed E-state index contributed by atoms with van der Waals surface area (Å²) < 4.78 is 16.1. The lowest BCUT2D eigenvalue weighted by atomic mass is 9.79. The second kappa shape index (κ2) is 7.53. The van der Waals surface area contributed by atoms with Gasteiger partial charge in [-0.2, -0.15) is 5.10 Å². The zero-order chi connectivity index (χ0) is 18.8. The van der Waals surface area contributed by atoms with E-state index in [9.17, 15) is 9.18 Å². The van der Waals surface area contributed by atoms with Crippen LogP contribution in [0, 0.1) is 24.6 Å². The van der Waals surface area contributed by atoms with Crippen molar-refractivity contribution in [2.45, 2.75) is 45.6 Å². The van der Waals surface area contributed by atoms with Crippen LogP contribution in [0.4, 0.5) is 10.1 Å². The summed E-state index contributed by atoms with van der Waals surface area (Å²) in [6, 6.07) is 0.701. The Morgan fingerprint density at radius 2 is 2.04 bits per heavy atom. The van der Waals surface area contributed by atoms with Crippen molar-refractivity contribution in [2.24, 2.45) is 24.6 Å². The van der Waals surface area contributed by atoms with Crippen LogP contribution in [0.25, 0.3) is 11.4 Å². The molecule has 1 aliphatic rings. The summed E-state index contributed by atoms with van der Waals surface area (Å²) in [6.45, 7) is 4.07. The van der Waals surface area contributed by atoms with Crippen LogP contribution in [-0.4, -0.2) is 26.7 Å². The Labute approximate surface area is 153 Å². The Morgan fingerprint density at radius 1 is 1.35 bits per heavy atom. The highest BCUT2D eigenvalue weighted by Crippen LogP contribution is 2.30. The summed E-state index contributed by atoms with van der Waals surface area (Å²) in [7, 11) is 1.74. The molecule has 26 heavy (non-hydrogen) atoms. The minimum absolute atomic E-state index is 0.181. The zero-order valence-corrected chi connectivity index (χ0v) is 15.5. The SMILES string of the molecule is Cc1cnn(C)c1-c1ncc(NC(=O)[C@@H](N)C2CCC(C)CC2)cc1F. The second-order valence-electron chi connectivity index (χ2n) is 7.39. The number of carbonyl (C=O) groups excluding carboxylic acids is 1. The van der Waals surface area contributed by atoms with E-state index in [1.165, 1.54) is 12.3 Å². The Balaban J connectivity index is 1.71. The molecule has 0 unspecified atom stereocenters. The third-order valence-corrected chi connectivity index (χ3v) is 5.33. The number of aryl methyl sites for hydroxylation is 2. The van der Waals surface area contributed by atoms with Gasteiger partial charge in [0.1, 0.15) is 5.69 Å². The van der Waals surface area contributed by atoms with Gasteiger partial charge in [-0.25, -0.2) is 9.37 Å². The van der Waals surface area contributed by atoms with Crippen molar-refractivity contribution in [1.82, 2.24) is 14.8 Å². The number of halogens is 1. The van der Waals surface area contributed by atoms with Crippen LogP contribution in [0.5, 0.6) is 0 Å². The maximum Gasteiger partial charge on any atom is 0.241 e. The normalized spacial score (nSPS) is 21.4. The Bertz CT molecular complexity index is 776. The predicted molar refractivity (Wildman–Crippen MR) is 98.9 cm³/mol. The molecule has 2 heterocycles. The summed E-state index contributed by atoms with van der Waals surface area (Å²) in [5.41, 5.74) is 8.12. The van der Waals surface area contributed by atoms with Gasteiger partial charge in [-0.1, -0.05) is 19.8 Å². The number of carbonyl (C=O) groups is 1. The fourth-order valence-electron chi connectivity index (χ4n) is 3.65. The van der Waals surface area contributed by atoms with E-state index in [2.05, 4.69) is 22.3 Å². The van der Waals surface area contributed by atoms with E-state index < -0.39 is 11.9 Å². The third-order valence-electron chi connectivity index (χ3n) is 5.33. The van der Waals surface area contributed by atoms with Gasteiger partial charge in [-0.15, -0.1) is 0 Å². The number of aromatic nitrogens is 3. The molecule has 3 N–H and O–H groups in total. The number of pyridine rings is 1. The summed E-state index contributed by atoms with van der Waals surface area (Å²) in [5, 5.41) is 6.81. The van der Waals surface area contributed by atoms with Gasteiger partial charge in [0, 0.05) is 13.1 Å². The summed E-state index contributed by atoms with van der Waals surface area (Å²) >= 11 is 0. The molecule has 140 valence electrons. The number of nitrogens with zero attached hydrogens (tertiary/aromatic N) is 3. The molecule has 6 nitrogen and oxygen atoms in total. The molecule has 0 aliphatic heterocycles. The van der Waals surface area contributed by atoms with E-state index in [1.807, 2.05) is 6.92 Å². The zero-order valence-electron chi connectivity index (χ0n) is 15.5. The van der Waals surface area contributed by atoms with Gasteiger partial charge in [-0.05, 0) is 37.2 Å². The van der Waals surface area contributed by atoms with Crippen LogP contribution in [0.3, 0.4) is 0 Å². The Kier molecular flexibility index (Phi) is 5.36. The highest BCUT2D eigenvalue weighted by Gasteiger charge is 2.28. The van der Waals surface area contributed by atoms with Gasteiger partial charge in [-0.3, -0.25) is 9.48 Å². The predicted octanol–water partition coefficient (Wildman–Crippen LogP) is 3.02. The molecule has 7 heteroatoms. The highest BCUT2D eigenvalue weighted by molar-refractivity contribution is 5.94. The molecule has 2 aromatic rings. The summed E-state index contributed by atoms with van der Waals surface area (Å²) in [6.07, 6.45) is 7.23. The summed E-state index contributed by atoms with van der Waals surface area (Å²) in [5.74, 6) is 0.0907. The van der Waals surface area contributed by atoms with Crippen LogP contribution in [0.15, 0.2) is 18.5 Å². The highest BCUT2D eigenvalue weighted by atomic mass is 19.1. The molecule has 0 saturated heterocycles. The number of nitrogens with one attached hydrogen (secondary N) is 1. The Hall–Kier alpha value is -2.28. The van der Waals surface area contributed by atoms with Gasteiger partial charge in [0.25, 0.3) is 0 Å². The maximum atomic E-state index is 14.5. The van der Waals surface area contributed by atoms with Gasteiger partial charge >= 0.3 is 0 Å². The molecule has 1 amide bonds. The first kappa shape index (κ1) is 18.5. The summed E-state index contributed by atoms with van der Waals surface area (Å²) in [4.78, 5) is 16.6. The van der Waals surface area contributed by atoms with Gasteiger partial charge < -0.3 is 11.1 Å². The van der Waals surface area contributed by atoms with Crippen LogP contribution >= 0.6 is 0 Å². The van der Waals surface area contributed by atoms with Crippen molar-refractivity contribution in [3.8, 4) is 11.4 Å². The lowest BCUT2D eigenvalue weighted by molar-refractivity contribution is -0.118. The molecule has 0 bridgehead atoms. The fourth-order valence-corrected chi connectivity index (χ4v) is 3.65. The van der Waals surface area contributed by atoms with Crippen molar-refractivity contribution in [2.75, 3.05) is 5.32 Å². The lowest BCUT2D eigenvalue weighted by Gasteiger charge is -2.29. The van der Waals surface area contributed by atoms with Crippen molar-refractivity contribution < 1.29 is 9.18 Å². The minimum atomic E-state index is -0.579. The van der Waals surface area contributed by atoms with Gasteiger partial charge in [0.05, 0.1) is 29.8 Å². The largest absolute Gasteiger partial charge is 0.323 e. The fraction of sp³-hybridized carbons (Fsp3) is 0.526. The van der Waals surface area contributed by atoms with E-state index in [0.717, 1.165) is 31.2 Å². The average molecular weight is 359 g/mol. The van der Waals surface area contributed by atoms with Crippen molar-refractivity contribution >= 4 is 11.6 Å². The molecule has 0 aromatic carbocycles. The molecule has 1 fully saturated rings. The van der Waals surface area contributed by atoms with Crippen LogP contribution in [0.1, 0.15) is 38.2 Å². The average Bonchev–Trinajstić information content (AvgIpc) is 2.94. The molecule has 1 aliphatic carbocycles. The molecular formula is C19H26FN5O. The monoisotopic (exact) mass is 359 g/mol. The van der Waals surface area contributed by atoms with E-state index in [0.29, 0.717) is 17.3 Å². The number of rotatable bonds is 4. The van der Waals surface area contributed by atoms with E-state index in [4.69, 9.17) is 5.73 Å². The van der Waals surface area contributed by atoms with Crippen molar-refractivity contribution in [3.05, 3.63) is 29.8 Å². The Morgan fingerprint density at radius 3 is 2.62 bits per heavy atom. The topological polar surface area (TPSA) is 85.8 Å². The molecule has 2 aromatic heterocycles. The standard InChI is InChI=1S/C19H26FN5O/c1-11-4-6-13(7-5-11)16(21)19(26)24-14-8-15(20)17(22-10-14)18-12(2)9-23-25(18)3/h8-11,13,16H,4-7,21H2,1-3H3,(H,24,26)/t11?,13?,16-/m0/s1. The van der Waals surface area contributed by atoms with Crippen molar-refractivity contribution in [1.29, 1.82) is 0 Å². The first-order valence-corrected chi connectivity index (χ1v) is 9.07. The van der Waals surface area contributed by atoms with E-state index >= 15 is 0 Å². The second-order valence-corrected chi connectivity index (χ2v) is 7.39.